The Morgan fingerprint density at radius 1 is 1.05 bits per heavy atom. The molecule has 2 aromatic carbocycles. The first-order chi connectivity index (χ1) is 10.1. The number of aromatic nitrogens is 2. The van der Waals surface area contributed by atoms with Gasteiger partial charge >= 0.3 is 17.0 Å². The molecule has 5 heteroatoms. The van der Waals surface area contributed by atoms with E-state index in [1.165, 1.54) is 4.68 Å². The first kappa shape index (κ1) is 13.3. The van der Waals surface area contributed by atoms with Crippen molar-refractivity contribution in [2.45, 2.75) is 12.6 Å². The molecule has 0 aliphatic carbocycles. The highest BCUT2D eigenvalue weighted by molar-refractivity contribution is 5.54. The predicted octanol–water partition coefficient (Wildman–Crippen LogP) is 1.64. The van der Waals surface area contributed by atoms with Crippen molar-refractivity contribution in [2.24, 2.45) is 0 Å². The molecule has 1 aromatic heterocycles. The molecular weight excluding hydrogens is 268 g/mol. The molecule has 3 rings (SSSR count). The van der Waals surface area contributed by atoms with Crippen LogP contribution in [0.1, 0.15) is 12.5 Å². The van der Waals surface area contributed by atoms with Crippen molar-refractivity contribution in [1.29, 1.82) is 0 Å². The largest absolute Gasteiger partial charge is 0.435 e. The molecule has 1 atom stereocenters. The zero-order valence-electron chi connectivity index (χ0n) is 11.5. The van der Waals surface area contributed by atoms with Gasteiger partial charge in [-0.3, -0.25) is 4.52 Å². The molecule has 1 heterocycles. The summed E-state index contributed by atoms with van der Waals surface area (Å²) in [5.74, 6) is 0. The highest BCUT2D eigenvalue weighted by Crippen LogP contribution is 2.19. The van der Waals surface area contributed by atoms with E-state index >= 15 is 0 Å². The van der Waals surface area contributed by atoms with E-state index in [9.17, 15) is 9.90 Å². The van der Waals surface area contributed by atoms with Gasteiger partial charge in [0.15, 0.2) is 0 Å². The Labute approximate surface area is 121 Å². The van der Waals surface area contributed by atoms with Crippen molar-refractivity contribution >= 4 is 0 Å². The highest BCUT2D eigenvalue weighted by atomic mass is 16.5. The first-order valence-corrected chi connectivity index (χ1v) is 6.58. The Hall–Kier alpha value is -2.66. The minimum atomic E-state index is -1.43. The number of nitrogens with zero attached hydrogens (tertiary/aromatic N) is 1. The van der Waals surface area contributed by atoms with E-state index < -0.39 is 11.4 Å². The molecule has 21 heavy (non-hydrogen) atoms. The number of benzene rings is 2. The van der Waals surface area contributed by atoms with Crippen molar-refractivity contribution in [3.8, 4) is 11.3 Å². The number of aromatic amines is 1. The maximum absolute atomic E-state index is 12.0. The number of rotatable bonds is 3. The zero-order chi connectivity index (χ0) is 14.9. The van der Waals surface area contributed by atoms with Gasteiger partial charge in [-0.1, -0.05) is 36.4 Å². The second-order valence-corrected chi connectivity index (χ2v) is 4.92. The summed E-state index contributed by atoms with van der Waals surface area (Å²) >= 11 is 0. The molecule has 2 N–H and O–H groups in total. The van der Waals surface area contributed by atoms with Crippen LogP contribution in [0.5, 0.6) is 0 Å². The summed E-state index contributed by atoms with van der Waals surface area (Å²) in [4.78, 5) is 12.0. The lowest BCUT2D eigenvalue weighted by Crippen LogP contribution is -2.58. The third-order valence-electron chi connectivity index (χ3n) is 3.45. The molecule has 0 amide bonds. The van der Waals surface area contributed by atoms with Crippen molar-refractivity contribution in [3.63, 3.8) is 0 Å². The molecule has 0 aliphatic heterocycles. The van der Waals surface area contributed by atoms with Gasteiger partial charge in [0.25, 0.3) is 0 Å². The van der Waals surface area contributed by atoms with Gasteiger partial charge in [-0.25, -0.2) is 4.79 Å². The van der Waals surface area contributed by atoms with Gasteiger partial charge in [0, 0.05) is 6.92 Å². The summed E-state index contributed by atoms with van der Waals surface area (Å²) in [5, 5.41) is 13.3. The fourth-order valence-corrected chi connectivity index (χ4v) is 2.30. The lowest BCUT2D eigenvalue weighted by Gasteiger charge is -2.15. The van der Waals surface area contributed by atoms with E-state index in [4.69, 9.17) is 4.52 Å². The van der Waals surface area contributed by atoms with E-state index in [0.717, 1.165) is 0 Å². The Balaban J connectivity index is 2.19. The van der Waals surface area contributed by atoms with Gasteiger partial charge in [-0.15, -0.1) is 0 Å². The molecule has 0 bridgehead atoms. The van der Waals surface area contributed by atoms with E-state index in [-0.39, 0.29) is 5.69 Å². The molecule has 3 aromatic rings. The number of nitrogens with one attached hydrogen (secondary N) is 1. The Kier molecular flexibility index (Phi) is 3.19. The fraction of sp³-hybridized carbons (Fsp3) is 0.125. The smallest absolute Gasteiger partial charge is 0.329 e. The molecule has 106 valence electrons. The molecule has 5 nitrogen and oxygen atoms in total. The summed E-state index contributed by atoms with van der Waals surface area (Å²) in [6.07, 6.45) is 0. The summed E-state index contributed by atoms with van der Waals surface area (Å²) in [6, 6.07) is 18.2. The average molecular weight is 283 g/mol. The van der Waals surface area contributed by atoms with Crippen molar-refractivity contribution < 1.29 is 14.3 Å². The third kappa shape index (κ3) is 2.28. The maximum Gasteiger partial charge on any atom is 0.435 e. The normalized spacial score (nSPS) is 13.8. The number of hydrogen-bond donors (Lipinski definition) is 2. The number of H-pyrrole nitrogens is 1. The minimum Gasteiger partial charge on any atom is -0.329 e. The molecule has 0 fully saturated rings. The quantitative estimate of drug-likeness (QED) is 0.718. The molecule has 1 unspecified atom stereocenters. The first-order valence-electron chi connectivity index (χ1n) is 6.58. The van der Waals surface area contributed by atoms with Crippen LogP contribution in [-0.4, -0.2) is 10.4 Å². The van der Waals surface area contributed by atoms with Crippen molar-refractivity contribution in [1.82, 2.24) is 5.27 Å². The lowest BCUT2D eigenvalue weighted by atomic mass is 10.0. The Morgan fingerprint density at radius 2 is 1.62 bits per heavy atom. The predicted molar refractivity (Wildman–Crippen MR) is 76.4 cm³/mol. The summed E-state index contributed by atoms with van der Waals surface area (Å²) < 4.78 is 6.21. The van der Waals surface area contributed by atoms with Crippen LogP contribution in [0.3, 0.4) is 0 Å². The maximum atomic E-state index is 12.0. The van der Waals surface area contributed by atoms with Crippen LogP contribution in [0.2, 0.25) is 0 Å². The highest BCUT2D eigenvalue weighted by Gasteiger charge is 2.41. The van der Waals surface area contributed by atoms with E-state index in [1.807, 2.05) is 36.4 Å². The van der Waals surface area contributed by atoms with Crippen LogP contribution < -0.4 is 10.3 Å². The van der Waals surface area contributed by atoms with E-state index in [0.29, 0.717) is 11.1 Å². The fourth-order valence-electron chi connectivity index (χ4n) is 2.30. The topological polar surface area (TPSA) is 70.1 Å². The average Bonchev–Trinajstić information content (AvgIpc) is 2.91. The number of aliphatic hydroxyl groups is 1. The molecule has 0 aliphatic rings. The van der Waals surface area contributed by atoms with Crippen molar-refractivity contribution in [2.75, 3.05) is 0 Å². The molecule has 0 saturated heterocycles. The van der Waals surface area contributed by atoms with Crippen LogP contribution in [0.25, 0.3) is 11.3 Å². The van der Waals surface area contributed by atoms with Crippen LogP contribution in [0.15, 0.2) is 70.0 Å². The van der Waals surface area contributed by atoms with E-state index in [2.05, 4.69) is 5.27 Å². The summed E-state index contributed by atoms with van der Waals surface area (Å²) in [5.41, 5.74) is -0.381. The van der Waals surface area contributed by atoms with Crippen LogP contribution in [0.4, 0.5) is 0 Å². The Bertz CT molecular complexity index is 789. The van der Waals surface area contributed by atoms with Gasteiger partial charge in [-0.2, -0.15) is 0 Å². The van der Waals surface area contributed by atoms with Crippen LogP contribution in [-0.2, 0) is 5.72 Å². The summed E-state index contributed by atoms with van der Waals surface area (Å²) in [6.45, 7) is 1.60. The standard InChI is InChI=1S/C16H14N2O3/c1-16(20,13-10-6-3-7-11-13)18-14(15(19)21-17-18)12-8-4-2-5-9-12/h2-11,20H,1H3/p+1. The molecular formula is C16H15N2O3+. The van der Waals surface area contributed by atoms with Gasteiger partial charge < -0.3 is 5.11 Å². The third-order valence-corrected chi connectivity index (χ3v) is 3.45. The van der Waals surface area contributed by atoms with Crippen LogP contribution in [0, 0.1) is 0 Å². The van der Waals surface area contributed by atoms with E-state index in [1.54, 1.807) is 31.2 Å². The molecule has 0 radical (unpaired) electrons. The minimum absolute atomic E-state index is 0.268. The van der Waals surface area contributed by atoms with Gasteiger partial charge in [-0.05, 0) is 34.2 Å². The second-order valence-electron chi connectivity index (χ2n) is 4.92. The Morgan fingerprint density at radius 3 is 2.24 bits per heavy atom. The van der Waals surface area contributed by atoms with Crippen LogP contribution >= 0.6 is 0 Å². The van der Waals surface area contributed by atoms with Gasteiger partial charge in [0.2, 0.25) is 0 Å². The lowest BCUT2D eigenvalue weighted by molar-refractivity contribution is -0.837. The molecule has 0 saturated carbocycles. The summed E-state index contributed by atoms with van der Waals surface area (Å²) in [7, 11) is 0. The second kappa shape index (κ2) is 5.03. The van der Waals surface area contributed by atoms with Crippen molar-refractivity contribution in [3.05, 3.63) is 76.6 Å². The van der Waals surface area contributed by atoms with Gasteiger partial charge in [0.05, 0.1) is 11.1 Å². The molecule has 0 spiro atoms. The monoisotopic (exact) mass is 283 g/mol. The zero-order valence-corrected chi connectivity index (χ0v) is 11.5. The SMILES string of the molecule is CC(O)(c1ccccc1)[n+]1[nH]oc(=O)c1-c1ccccc1. The van der Waals surface area contributed by atoms with Gasteiger partial charge in [0.1, 0.15) is 0 Å². The number of hydrogen-bond acceptors (Lipinski definition) is 3.